The van der Waals surface area contributed by atoms with Crippen LogP contribution in [-0.2, 0) is 4.79 Å². The number of nitrogens with one attached hydrogen (secondary N) is 2. The van der Waals surface area contributed by atoms with Gasteiger partial charge in [0.05, 0.1) is 16.6 Å². The Bertz CT molecular complexity index is 545. The molecule has 1 saturated carbocycles. The lowest BCUT2D eigenvalue weighted by molar-refractivity contribution is -0.142. The zero-order chi connectivity index (χ0) is 15.4. The highest BCUT2D eigenvalue weighted by Crippen LogP contribution is 2.26. The summed E-state index contributed by atoms with van der Waals surface area (Å²) in [4.78, 5) is 22.8. The second-order valence-electron chi connectivity index (χ2n) is 5.11. The quantitative estimate of drug-likeness (QED) is 0.750. The van der Waals surface area contributed by atoms with Crippen molar-refractivity contribution in [1.29, 1.82) is 0 Å². The molecule has 21 heavy (non-hydrogen) atoms. The molecule has 1 aromatic rings. The van der Waals surface area contributed by atoms with Gasteiger partial charge < -0.3 is 15.7 Å². The Hall–Kier alpha value is -1.27. The highest BCUT2D eigenvalue weighted by atomic mass is 79.9. The van der Waals surface area contributed by atoms with Crippen LogP contribution in [0.25, 0.3) is 0 Å². The van der Waals surface area contributed by atoms with Crippen molar-refractivity contribution in [2.75, 3.05) is 5.32 Å². The minimum atomic E-state index is -0.750. The third-order valence-corrected chi connectivity index (χ3v) is 4.40. The van der Waals surface area contributed by atoms with Crippen molar-refractivity contribution in [1.82, 2.24) is 5.32 Å². The number of amides is 2. The maximum Gasteiger partial charge on any atom is 0.319 e. The number of anilines is 1. The highest BCUT2D eigenvalue weighted by Gasteiger charge is 2.26. The first-order chi connectivity index (χ1) is 9.95. The monoisotopic (exact) mass is 374 g/mol. The summed E-state index contributed by atoms with van der Waals surface area (Å²) in [6.07, 6.45) is 2.55. The Morgan fingerprint density at radius 3 is 2.48 bits per heavy atom. The summed E-state index contributed by atoms with van der Waals surface area (Å²) in [6.45, 7) is 0. The van der Waals surface area contributed by atoms with E-state index >= 15 is 0 Å². The number of benzene rings is 1. The van der Waals surface area contributed by atoms with Gasteiger partial charge in [-0.15, -0.1) is 0 Å². The fourth-order valence-corrected chi connectivity index (χ4v) is 3.14. The Kier molecular flexibility index (Phi) is 5.47. The van der Waals surface area contributed by atoms with Gasteiger partial charge in [-0.3, -0.25) is 4.79 Å². The fourth-order valence-electron chi connectivity index (χ4n) is 2.42. The van der Waals surface area contributed by atoms with Crippen molar-refractivity contribution in [3.63, 3.8) is 0 Å². The van der Waals surface area contributed by atoms with E-state index in [9.17, 15) is 9.59 Å². The van der Waals surface area contributed by atoms with Crippen LogP contribution >= 0.6 is 27.5 Å². The molecule has 0 bridgehead atoms. The van der Waals surface area contributed by atoms with Gasteiger partial charge in [0, 0.05) is 10.5 Å². The molecule has 1 aromatic carbocycles. The number of halogens is 2. The van der Waals surface area contributed by atoms with Gasteiger partial charge in [0.2, 0.25) is 0 Å². The van der Waals surface area contributed by atoms with Gasteiger partial charge >= 0.3 is 12.0 Å². The third kappa shape index (κ3) is 4.61. The highest BCUT2D eigenvalue weighted by molar-refractivity contribution is 9.10. The largest absolute Gasteiger partial charge is 0.481 e. The van der Waals surface area contributed by atoms with Crippen molar-refractivity contribution < 1.29 is 14.7 Å². The lowest BCUT2D eigenvalue weighted by atomic mass is 9.86. The van der Waals surface area contributed by atoms with E-state index in [1.54, 1.807) is 18.2 Å². The maximum absolute atomic E-state index is 11.9. The van der Waals surface area contributed by atoms with Crippen LogP contribution in [0.5, 0.6) is 0 Å². The number of hydrogen-bond donors (Lipinski definition) is 3. The molecule has 114 valence electrons. The molecule has 2 amide bonds. The third-order valence-electron chi connectivity index (χ3n) is 3.59. The second-order valence-corrected chi connectivity index (χ2v) is 6.43. The van der Waals surface area contributed by atoms with E-state index in [4.69, 9.17) is 16.7 Å². The van der Waals surface area contributed by atoms with Crippen LogP contribution in [0.3, 0.4) is 0 Å². The zero-order valence-corrected chi connectivity index (χ0v) is 13.6. The lowest BCUT2D eigenvalue weighted by Gasteiger charge is -2.26. The molecule has 0 heterocycles. The van der Waals surface area contributed by atoms with E-state index < -0.39 is 5.97 Å². The normalized spacial score (nSPS) is 21.6. The summed E-state index contributed by atoms with van der Waals surface area (Å²) in [5, 5.41) is 14.9. The Morgan fingerprint density at radius 1 is 1.24 bits per heavy atom. The number of urea groups is 1. The molecule has 1 aliphatic carbocycles. The van der Waals surface area contributed by atoms with Crippen molar-refractivity contribution in [3.05, 3.63) is 27.7 Å². The summed E-state index contributed by atoms with van der Waals surface area (Å²) in [5.41, 5.74) is 0.539. The summed E-state index contributed by atoms with van der Waals surface area (Å²) >= 11 is 9.33. The topological polar surface area (TPSA) is 78.4 Å². The molecule has 2 rings (SSSR count). The van der Waals surface area contributed by atoms with E-state index in [-0.39, 0.29) is 18.0 Å². The average molecular weight is 376 g/mol. The summed E-state index contributed by atoms with van der Waals surface area (Å²) < 4.78 is 0.838. The Morgan fingerprint density at radius 2 is 1.90 bits per heavy atom. The number of rotatable bonds is 3. The van der Waals surface area contributed by atoms with Crippen molar-refractivity contribution in [3.8, 4) is 0 Å². The first kappa shape index (κ1) is 16.1. The SMILES string of the molecule is O=C(Nc1ccc(Br)cc1Cl)NC1CCC(C(=O)O)CC1. The van der Waals surface area contributed by atoms with Crippen molar-refractivity contribution in [2.24, 2.45) is 5.92 Å². The van der Waals surface area contributed by atoms with E-state index in [1.165, 1.54) is 0 Å². The minimum Gasteiger partial charge on any atom is -0.481 e. The van der Waals surface area contributed by atoms with Gasteiger partial charge in [0.1, 0.15) is 0 Å². The average Bonchev–Trinajstić information content (AvgIpc) is 2.42. The Balaban J connectivity index is 1.84. The molecule has 1 fully saturated rings. The molecule has 0 radical (unpaired) electrons. The molecule has 1 aliphatic rings. The molecule has 5 nitrogen and oxygen atoms in total. The number of aliphatic carboxylic acids is 1. The number of carboxylic acid groups (broad SMARTS) is 1. The number of carboxylic acids is 1. The number of carbonyl (C=O) groups is 2. The summed E-state index contributed by atoms with van der Waals surface area (Å²) in [6, 6.07) is 4.90. The van der Waals surface area contributed by atoms with Crippen molar-refractivity contribution >= 4 is 45.2 Å². The van der Waals surface area contributed by atoms with Crippen LogP contribution in [0.15, 0.2) is 22.7 Å². The molecule has 0 aliphatic heterocycles. The van der Waals surface area contributed by atoms with Gasteiger partial charge in [0.25, 0.3) is 0 Å². The molecule has 7 heteroatoms. The maximum atomic E-state index is 11.9. The fraction of sp³-hybridized carbons (Fsp3) is 0.429. The van der Waals surface area contributed by atoms with E-state index in [2.05, 4.69) is 26.6 Å². The summed E-state index contributed by atoms with van der Waals surface area (Å²) in [7, 11) is 0. The molecule has 0 aromatic heterocycles. The molecule has 3 N–H and O–H groups in total. The molecule has 0 atom stereocenters. The number of hydrogen-bond acceptors (Lipinski definition) is 2. The lowest BCUT2D eigenvalue weighted by Crippen LogP contribution is -2.41. The predicted octanol–water partition coefficient (Wildman–Crippen LogP) is 3.87. The number of carbonyl (C=O) groups excluding carboxylic acids is 1. The van der Waals surface area contributed by atoms with E-state index in [0.29, 0.717) is 36.4 Å². The van der Waals surface area contributed by atoms with Gasteiger partial charge in [-0.25, -0.2) is 4.79 Å². The Labute approximate surface area is 136 Å². The van der Waals surface area contributed by atoms with Gasteiger partial charge in [-0.05, 0) is 43.9 Å². The van der Waals surface area contributed by atoms with E-state index in [1.807, 2.05) is 0 Å². The van der Waals surface area contributed by atoms with Gasteiger partial charge in [-0.1, -0.05) is 27.5 Å². The molecule has 0 spiro atoms. The van der Waals surface area contributed by atoms with Crippen LogP contribution in [-0.4, -0.2) is 23.1 Å². The first-order valence-corrected chi connectivity index (χ1v) is 7.88. The molecular weight excluding hydrogens is 360 g/mol. The van der Waals surface area contributed by atoms with Crippen LogP contribution in [0.4, 0.5) is 10.5 Å². The zero-order valence-electron chi connectivity index (χ0n) is 11.2. The van der Waals surface area contributed by atoms with Crippen LogP contribution in [0.2, 0.25) is 5.02 Å². The first-order valence-electron chi connectivity index (χ1n) is 6.71. The van der Waals surface area contributed by atoms with E-state index in [0.717, 1.165) is 4.47 Å². The molecule has 0 unspecified atom stereocenters. The van der Waals surface area contributed by atoms with Crippen LogP contribution in [0.1, 0.15) is 25.7 Å². The molecular formula is C14H16BrClN2O3. The van der Waals surface area contributed by atoms with Gasteiger partial charge in [-0.2, -0.15) is 0 Å². The molecule has 0 saturated heterocycles. The smallest absolute Gasteiger partial charge is 0.319 e. The predicted molar refractivity (Wildman–Crippen MR) is 84.7 cm³/mol. The summed E-state index contributed by atoms with van der Waals surface area (Å²) in [5.74, 6) is -1.04. The van der Waals surface area contributed by atoms with Crippen LogP contribution in [0, 0.1) is 5.92 Å². The second kappa shape index (κ2) is 7.13. The van der Waals surface area contributed by atoms with Gasteiger partial charge in [0.15, 0.2) is 0 Å². The van der Waals surface area contributed by atoms with Crippen LogP contribution < -0.4 is 10.6 Å². The minimum absolute atomic E-state index is 0.00910. The van der Waals surface area contributed by atoms with Crippen molar-refractivity contribution in [2.45, 2.75) is 31.7 Å². The standard InChI is InChI=1S/C14H16BrClN2O3/c15-9-3-6-12(11(16)7-9)18-14(21)17-10-4-1-8(2-5-10)13(19)20/h3,6-8,10H,1-2,4-5H2,(H,19,20)(H2,17,18,21).